The average Bonchev–Trinajstić information content (AvgIpc) is 2.53. The highest BCUT2D eigenvalue weighted by Gasteiger charge is 2.51. The fraction of sp³-hybridized carbons (Fsp3) is 0.526. The molecule has 0 heterocycles. The summed E-state index contributed by atoms with van der Waals surface area (Å²) in [6.07, 6.45) is 6.87. The van der Waals surface area contributed by atoms with Crippen LogP contribution >= 0.6 is 0 Å². The smallest absolute Gasteiger partial charge is 0.313 e. The quantitative estimate of drug-likeness (QED) is 0.731. The fourth-order valence-electron chi connectivity index (χ4n) is 5.47. The van der Waals surface area contributed by atoms with E-state index >= 15 is 0 Å². The third-order valence-corrected chi connectivity index (χ3v) is 6.05. The van der Waals surface area contributed by atoms with Crippen LogP contribution in [0.2, 0.25) is 0 Å². The summed E-state index contributed by atoms with van der Waals surface area (Å²) in [5.74, 6) is 0.351. The van der Waals surface area contributed by atoms with Crippen molar-refractivity contribution in [2.24, 2.45) is 23.5 Å². The monoisotopic (exact) mass is 341 g/mol. The molecule has 0 spiro atoms. The maximum Gasteiger partial charge on any atom is 0.313 e. The van der Waals surface area contributed by atoms with Crippen LogP contribution in [0.1, 0.15) is 48.9 Å². The Morgan fingerprint density at radius 2 is 1.40 bits per heavy atom. The first kappa shape index (κ1) is 16.1. The van der Waals surface area contributed by atoms with E-state index in [9.17, 15) is 14.4 Å². The van der Waals surface area contributed by atoms with Crippen molar-refractivity contribution >= 4 is 23.4 Å². The van der Waals surface area contributed by atoms with Gasteiger partial charge in [0.05, 0.1) is 0 Å². The highest BCUT2D eigenvalue weighted by Crippen LogP contribution is 2.55. The number of primary amides is 1. The summed E-state index contributed by atoms with van der Waals surface area (Å²) in [6, 6.07) is 6.18. The predicted octanol–water partition coefficient (Wildman–Crippen LogP) is 1.81. The van der Waals surface area contributed by atoms with Crippen LogP contribution in [0.4, 0.5) is 5.69 Å². The van der Waals surface area contributed by atoms with E-state index in [4.69, 9.17) is 5.73 Å². The van der Waals surface area contributed by atoms with Crippen LogP contribution in [0.3, 0.4) is 0 Å². The number of nitrogens with one attached hydrogen (secondary N) is 2. The van der Waals surface area contributed by atoms with Crippen LogP contribution in [-0.2, 0) is 9.59 Å². The van der Waals surface area contributed by atoms with Crippen molar-refractivity contribution in [3.63, 3.8) is 0 Å². The normalized spacial score (nSPS) is 32.2. The first-order valence-corrected chi connectivity index (χ1v) is 8.96. The standard InChI is InChI=1S/C19H23N3O3/c20-16(23)14-1-3-15(4-2-14)21-17(24)18(25)22-19-8-11-5-12(9-19)7-13(6-11)10-19/h1-4,11-13H,5-10H2,(H2,20,23)(H,21,24)(H,22,25). The molecule has 132 valence electrons. The van der Waals surface area contributed by atoms with Crippen molar-refractivity contribution in [2.45, 2.75) is 44.1 Å². The average molecular weight is 341 g/mol. The number of rotatable bonds is 3. The third kappa shape index (κ3) is 3.13. The summed E-state index contributed by atoms with van der Waals surface area (Å²) in [5.41, 5.74) is 5.83. The molecule has 6 heteroatoms. The number of nitrogens with two attached hydrogens (primary N) is 1. The number of carbonyl (C=O) groups excluding carboxylic acids is 3. The zero-order chi connectivity index (χ0) is 17.6. The van der Waals surface area contributed by atoms with Crippen molar-refractivity contribution in [1.29, 1.82) is 0 Å². The van der Waals surface area contributed by atoms with Gasteiger partial charge in [0.1, 0.15) is 0 Å². The number of amides is 3. The van der Waals surface area contributed by atoms with Gasteiger partial charge in [0.25, 0.3) is 0 Å². The molecule has 6 nitrogen and oxygen atoms in total. The molecule has 4 N–H and O–H groups in total. The van der Waals surface area contributed by atoms with Crippen LogP contribution < -0.4 is 16.4 Å². The first-order chi connectivity index (χ1) is 11.9. The lowest BCUT2D eigenvalue weighted by Crippen LogP contribution is -2.61. The van der Waals surface area contributed by atoms with Crippen molar-refractivity contribution in [3.8, 4) is 0 Å². The Hall–Kier alpha value is -2.37. The number of hydrogen-bond acceptors (Lipinski definition) is 3. The molecular weight excluding hydrogens is 318 g/mol. The first-order valence-electron chi connectivity index (χ1n) is 8.96. The minimum absolute atomic E-state index is 0.182. The van der Waals surface area contributed by atoms with E-state index < -0.39 is 17.7 Å². The van der Waals surface area contributed by atoms with Crippen LogP contribution in [0.5, 0.6) is 0 Å². The van der Waals surface area contributed by atoms with Gasteiger partial charge in [0.2, 0.25) is 5.91 Å². The summed E-state index contributed by atoms with van der Waals surface area (Å²) >= 11 is 0. The van der Waals surface area contributed by atoms with E-state index in [0.717, 1.165) is 19.3 Å². The van der Waals surface area contributed by atoms with Crippen LogP contribution in [0, 0.1) is 17.8 Å². The molecule has 4 saturated carbocycles. The summed E-state index contributed by atoms with van der Waals surface area (Å²) in [4.78, 5) is 35.7. The Kier molecular flexibility index (Phi) is 3.78. The zero-order valence-electron chi connectivity index (χ0n) is 14.1. The summed E-state index contributed by atoms with van der Waals surface area (Å²) in [7, 11) is 0. The molecule has 25 heavy (non-hydrogen) atoms. The van der Waals surface area contributed by atoms with Gasteiger partial charge in [-0.25, -0.2) is 0 Å². The second-order valence-corrected chi connectivity index (χ2v) is 8.05. The summed E-state index contributed by atoms with van der Waals surface area (Å²) in [5, 5.41) is 5.64. The van der Waals surface area contributed by atoms with Crippen molar-refractivity contribution in [1.82, 2.24) is 5.32 Å². The minimum atomic E-state index is -0.664. The lowest BCUT2D eigenvalue weighted by molar-refractivity contribution is -0.139. The Bertz CT molecular complexity index is 691. The molecule has 0 atom stereocenters. The van der Waals surface area contributed by atoms with Crippen molar-refractivity contribution < 1.29 is 14.4 Å². The molecule has 0 aliphatic heterocycles. The molecule has 4 aliphatic carbocycles. The molecule has 0 radical (unpaired) electrons. The summed E-state index contributed by atoms with van der Waals surface area (Å²) < 4.78 is 0. The molecule has 3 amide bonds. The van der Waals surface area contributed by atoms with Gasteiger partial charge in [-0.2, -0.15) is 0 Å². The highest BCUT2D eigenvalue weighted by molar-refractivity contribution is 6.39. The summed E-state index contributed by atoms with van der Waals surface area (Å²) in [6.45, 7) is 0. The van der Waals surface area contributed by atoms with Gasteiger partial charge in [-0.1, -0.05) is 0 Å². The Labute approximate surface area is 146 Å². The molecular formula is C19H23N3O3. The largest absolute Gasteiger partial charge is 0.366 e. The van der Waals surface area contributed by atoms with Gasteiger partial charge in [0.15, 0.2) is 0 Å². The maximum atomic E-state index is 12.4. The number of benzene rings is 1. The van der Waals surface area contributed by atoms with Gasteiger partial charge in [-0.05, 0) is 80.5 Å². The number of carbonyl (C=O) groups is 3. The number of hydrogen-bond donors (Lipinski definition) is 3. The van der Waals surface area contributed by atoms with E-state index in [1.807, 2.05) is 0 Å². The topological polar surface area (TPSA) is 101 Å². The molecule has 4 aliphatic rings. The predicted molar refractivity (Wildman–Crippen MR) is 92.6 cm³/mol. The zero-order valence-corrected chi connectivity index (χ0v) is 14.1. The molecule has 1 aromatic rings. The number of anilines is 1. The van der Waals surface area contributed by atoms with Crippen molar-refractivity contribution in [3.05, 3.63) is 29.8 Å². The van der Waals surface area contributed by atoms with Crippen LogP contribution in [0.25, 0.3) is 0 Å². The Morgan fingerprint density at radius 1 is 0.880 bits per heavy atom. The lowest BCUT2D eigenvalue weighted by atomic mass is 9.53. The maximum absolute atomic E-state index is 12.4. The van der Waals surface area contributed by atoms with Gasteiger partial charge < -0.3 is 16.4 Å². The van der Waals surface area contributed by atoms with Crippen molar-refractivity contribution in [2.75, 3.05) is 5.32 Å². The van der Waals surface area contributed by atoms with Gasteiger partial charge in [-0.15, -0.1) is 0 Å². The fourth-order valence-corrected chi connectivity index (χ4v) is 5.47. The molecule has 4 bridgehead atoms. The highest BCUT2D eigenvalue weighted by atomic mass is 16.2. The third-order valence-electron chi connectivity index (χ3n) is 6.05. The molecule has 0 aromatic heterocycles. The SMILES string of the molecule is NC(=O)c1ccc(NC(=O)C(=O)NC23CC4CC(CC(C4)C2)C3)cc1. The van der Waals surface area contributed by atoms with Crippen LogP contribution in [-0.4, -0.2) is 23.3 Å². The molecule has 1 aromatic carbocycles. The second-order valence-electron chi connectivity index (χ2n) is 8.05. The van der Waals surface area contributed by atoms with E-state index in [1.54, 1.807) is 12.1 Å². The molecule has 0 saturated heterocycles. The second kappa shape index (κ2) is 5.86. The van der Waals surface area contributed by atoms with E-state index in [0.29, 0.717) is 29.0 Å². The van der Waals surface area contributed by atoms with E-state index in [1.165, 1.54) is 31.4 Å². The molecule has 0 unspecified atom stereocenters. The molecule has 5 rings (SSSR count). The van der Waals surface area contributed by atoms with E-state index in [2.05, 4.69) is 10.6 Å². The van der Waals surface area contributed by atoms with Gasteiger partial charge in [0, 0.05) is 16.8 Å². The minimum Gasteiger partial charge on any atom is -0.366 e. The Balaban J connectivity index is 1.39. The van der Waals surface area contributed by atoms with Gasteiger partial charge >= 0.3 is 11.8 Å². The molecule has 4 fully saturated rings. The Morgan fingerprint density at radius 3 is 1.88 bits per heavy atom. The van der Waals surface area contributed by atoms with E-state index in [-0.39, 0.29) is 5.54 Å². The van der Waals surface area contributed by atoms with Gasteiger partial charge in [-0.3, -0.25) is 14.4 Å². The lowest BCUT2D eigenvalue weighted by Gasteiger charge is -2.56. The van der Waals surface area contributed by atoms with Crippen LogP contribution in [0.15, 0.2) is 24.3 Å².